The maximum atomic E-state index is 11.9. The third kappa shape index (κ3) is 4.38. The summed E-state index contributed by atoms with van der Waals surface area (Å²) in [6.07, 6.45) is 5.05. The summed E-state index contributed by atoms with van der Waals surface area (Å²) in [6.45, 7) is 3.48. The van der Waals surface area contributed by atoms with Crippen LogP contribution in [0.4, 0.5) is 17.2 Å². The monoisotopic (exact) mass is 405 g/mol. The van der Waals surface area contributed by atoms with Crippen molar-refractivity contribution in [1.29, 1.82) is 0 Å². The molecule has 1 aliphatic heterocycles. The lowest BCUT2D eigenvalue weighted by Gasteiger charge is -2.34. The Kier molecular flexibility index (Phi) is 5.78. The number of nitro groups is 1. The van der Waals surface area contributed by atoms with E-state index in [9.17, 15) is 18.5 Å². The number of aromatic nitrogens is 2. The number of anilines is 2. The molecule has 1 aromatic carbocycles. The molecule has 1 saturated heterocycles. The highest BCUT2D eigenvalue weighted by molar-refractivity contribution is 7.90. The smallest absolute Gasteiger partial charge is 0.310 e. The number of nitrogens with zero attached hydrogens (tertiary/aromatic N) is 4. The van der Waals surface area contributed by atoms with Crippen molar-refractivity contribution in [3.05, 3.63) is 46.4 Å². The van der Waals surface area contributed by atoms with Crippen LogP contribution < -0.4 is 10.2 Å². The van der Waals surface area contributed by atoms with E-state index in [0.717, 1.165) is 43.6 Å². The van der Waals surface area contributed by atoms with Crippen molar-refractivity contribution in [3.63, 3.8) is 0 Å². The molecule has 0 aliphatic carbocycles. The van der Waals surface area contributed by atoms with Gasteiger partial charge >= 0.3 is 5.69 Å². The molecule has 1 N–H and O–H groups in total. The molecule has 3 rings (SSSR count). The van der Waals surface area contributed by atoms with E-state index in [-0.39, 0.29) is 16.6 Å². The predicted molar refractivity (Wildman–Crippen MR) is 106 cm³/mol. The van der Waals surface area contributed by atoms with Crippen molar-refractivity contribution in [2.75, 3.05) is 29.6 Å². The third-order valence-corrected chi connectivity index (χ3v) is 5.89. The summed E-state index contributed by atoms with van der Waals surface area (Å²) >= 11 is 0. The van der Waals surface area contributed by atoms with Gasteiger partial charge in [0.2, 0.25) is 0 Å². The van der Waals surface area contributed by atoms with Crippen molar-refractivity contribution < 1.29 is 13.3 Å². The minimum absolute atomic E-state index is 0.0673. The standard InChI is InChI=1S/C18H23N5O4S/c1-3-13-10-17(20-12-19-13)22-9-5-6-14(11-22)21-15-7-4-8-16(28(2,26)27)18(15)23(24)25/h4,7-8,10,12,14,21H,3,5-6,9,11H2,1-2H3. The average Bonchev–Trinajstić information content (AvgIpc) is 2.67. The fourth-order valence-electron chi connectivity index (χ4n) is 3.40. The molecular formula is C18H23N5O4S. The van der Waals surface area contributed by atoms with Crippen LogP contribution in [0.2, 0.25) is 0 Å². The van der Waals surface area contributed by atoms with Gasteiger partial charge in [0.05, 0.1) is 4.92 Å². The molecule has 1 atom stereocenters. The number of benzene rings is 1. The zero-order valence-corrected chi connectivity index (χ0v) is 16.6. The molecule has 150 valence electrons. The van der Waals surface area contributed by atoms with Crippen LogP contribution in [0.25, 0.3) is 0 Å². The van der Waals surface area contributed by atoms with Gasteiger partial charge in [0, 0.05) is 37.1 Å². The van der Waals surface area contributed by atoms with Crippen LogP contribution in [-0.2, 0) is 16.3 Å². The molecule has 0 amide bonds. The quantitative estimate of drug-likeness (QED) is 0.575. The number of para-hydroxylation sites is 1. The molecule has 10 heteroatoms. The number of nitro benzene ring substituents is 1. The Balaban J connectivity index is 1.85. The normalized spacial score (nSPS) is 17.4. The van der Waals surface area contributed by atoms with E-state index in [1.165, 1.54) is 12.1 Å². The van der Waals surface area contributed by atoms with Gasteiger partial charge in [0.1, 0.15) is 22.7 Å². The molecular weight excluding hydrogens is 382 g/mol. The molecule has 0 saturated carbocycles. The molecule has 0 spiro atoms. The fraction of sp³-hybridized carbons (Fsp3) is 0.444. The Morgan fingerprint density at radius 2 is 2.14 bits per heavy atom. The van der Waals surface area contributed by atoms with Gasteiger partial charge in [-0.2, -0.15) is 0 Å². The van der Waals surface area contributed by atoms with Gasteiger partial charge in [-0.05, 0) is 31.4 Å². The lowest BCUT2D eigenvalue weighted by molar-refractivity contribution is -0.386. The van der Waals surface area contributed by atoms with E-state index in [0.29, 0.717) is 6.54 Å². The molecule has 0 radical (unpaired) electrons. The molecule has 1 fully saturated rings. The summed E-state index contributed by atoms with van der Waals surface area (Å²) in [5.41, 5.74) is 0.769. The minimum Gasteiger partial charge on any atom is -0.375 e. The van der Waals surface area contributed by atoms with Crippen molar-refractivity contribution in [2.24, 2.45) is 0 Å². The summed E-state index contributed by atoms with van der Waals surface area (Å²) in [4.78, 5) is 21.3. The van der Waals surface area contributed by atoms with Crippen molar-refractivity contribution >= 4 is 27.0 Å². The van der Waals surface area contributed by atoms with E-state index in [1.807, 2.05) is 13.0 Å². The first-order valence-electron chi connectivity index (χ1n) is 9.09. The Labute approximate surface area is 163 Å². The maximum absolute atomic E-state index is 11.9. The lowest BCUT2D eigenvalue weighted by Crippen LogP contribution is -2.42. The highest BCUT2D eigenvalue weighted by Crippen LogP contribution is 2.33. The van der Waals surface area contributed by atoms with Gasteiger partial charge in [-0.25, -0.2) is 18.4 Å². The Morgan fingerprint density at radius 3 is 2.82 bits per heavy atom. The number of aryl methyl sites for hydroxylation is 1. The first kappa shape index (κ1) is 20.0. The number of sulfone groups is 1. The number of rotatable bonds is 6. The SMILES string of the molecule is CCc1cc(N2CCCC(Nc3cccc(S(C)(=O)=O)c3[N+](=O)[O-])C2)ncn1. The van der Waals surface area contributed by atoms with Crippen LogP contribution >= 0.6 is 0 Å². The molecule has 28 heavy (non-hydrogen) atoms. The second kappa shape index (κ2) is 8.09. The average molecular weight is 405 g/mol. The van der Waals surface area contributed by atoms with Crippen LogP contribution in [0.3, 0.4) is 0 Å². The van der Waals surface area contributed by atoms with Gasteiger partial charge in [-0.3, -0.25) is 10.1 Å². The summed E-state index contributed by atoms with van der Waals surface area (Å²) in [5.74, 6) is 0.831. The topological polar surface area (TPSA) is 118 Å². The van der Waals surface area contributed by atoms with Crippen LogP contribution in [0.15, 0.2) is 35.5 Å². The number of piperidine rings is 1. The molecule has 1 aliphatic rings. The third-order valence-electron chi connectivity index (χ3n) is 4.76. The number of nitrogens with one attached hydrogen (secondary N) is 1. The summed E-state index contributed by atoms with van der Waals surface area (Å²) in [7, 11) is -3.71. The highest BCUT2D eigenvalue weighted by atomic mass is 32.2. The van der Waals surface area contributed by atoms with Crippen molar-refractivity contribution in [2.45, 2.75) is 37.1 Å². The first-order chi connectivity index (χ1) is 13.3. The van der Waals surface area contributed by atoms with Crippen molar-refractivity contribution in [3.8, 4) is 0 Å². The zero-order valence-electron chi connectivity index (χ0n) is 15.8. The highest BCUT2D eigenvalue weighted by Gasteiger charge is 2.29. The fourth-order valence-corrected chi connectivity index (χ4v) is 4.26. The van der Waals surface area contributed by atoms with E-state index in [2.05, 4.69) is 20.2 Å². The van der Waals surface area contributed by atoms with Gasteiger partial charge in [0.15, 0.2) is 9.84 Å². The molecule has 1 aromatic heterocycles. The molecule has 2 aromatic rings. The van der Waals surface area contributed by atoms with E-state index in [4.69, 9.17) is 0 Å². The van der Waals surface area contributed by atoms with E-state index >= 15 is 0 Å². The van der Waals surface area contributed by atoms with Gasteiger partial charge in [0.25, 0.3) is 0 Å². The predicted octanol–water partition coefficient (Wildman–Crippen LogP) is 2.43. The second-order valence-electron chi connectivity index (χ2n) is 6.83. The minimum atomic E-state index is -3.71. The van der Waals surface area contributed by atoms with Crippen molar-refractivity contribution in [1.82, 2.24) is 9.97 Å². The van der Waals surface area contributed by atoms with Gasteiger partial charge < -0.3 is 10.2 Å². The van der Waals surface area contributed by atoms with Gasteiger partial charge in [-0.1, -0.05) is 13.0 Å². The molecule has 0 bridgehead atoms. The zero-order chi connectivity index (χ0) is 20.3. The summed E-state index contributed by atoms with van der Waals surface area (Å²) < 4.78 is 23.9. The summed E-state index contributed by atoms with van der Waals surface area (Å²) in [5, 5.41) is 14.7. The van der Waals surface area contributed by atoms with Crippen LogP contribution in [0.5, 0.6) is 0 Å². The van der Waals surface area contributed by atoms with E-state index < -0.39 is 20.4 Å². The summed E-state index contributed by atoms with van der Waals surface area (Å²) in [6, 6.07) is 6.21. The Bertz CT molecular complexity index is 980. The largest absolute Gasteiger partial charge is 0.375 e. The first-order valence-corrected chi connectivity index (χ1v) is 11.0. The Morgan fingerprint density at radius 1 is 1.36 bits per heavy atom. The number of hydrogen-bond acceptors (Lipinski definition) is 8. The van der Waals surface area contributed by atoms with Crippen LogP contribution in [0, 0.1) is 10.1 Å². The second-order valence-corrected chi connectivity index (χ2v) is 8.82. The maximum Gasteiger partial charge on any atom is 0.310 e. The molecule has 1 unspecified atom stereocenters. The van der Waals surface area contributed by atoms with E-state index in [1.54, 1.807) is 12.4 Å². The van der Waals surface area contributed by atoms with Gasteiger partial charge in [-0.15, -0.1) is 0 Å². The van der Waals surface area contributed by atoms with Crippen LogP contribution in [-0.4, -0.2) is 48.7 Å². The molecule has 2 heterocycles. The number of hydrogen-bond donors (Lipinski definition) is 1. The van der Waals surface area contributed by atoms with Crippen LogP contribution in [0.1, 0.15) is 25.5 Å². The molecule has 9 nitrogen and oxygen atoms in total. The Hall–Kier alpha value is -2.75. The lowest BCUT2D eigenvalue weighted by atomic mass is 10.0.